The van der Waals surface area contributed by atoms with Gasteiger partial charge in [0, 0.05) is 0 Å². The van der Waals surface area contributed by atoms with Crippen LogP contribution in [0, 0.1) is 0 Å². The molecule has 0 aromatic heterocycles. The van der Waals surface area contributed by atoms with Crippen molar-refractivity contribution in [3.8, 4) is 0 Å². The number of carboxylic acids is 1. The number of carboxylic acid groups (broad SMARTS) is 1. The normalized spacial score (nSPS) is 12.6. The number of sulfonamides is 1. The van der Waals surface area contributed by atoms with E-state index in [-0.39, 0.29) is 10.6 Å². The number of rotatable bonds is 5. The minimum Gasteiger partial charge on any atom is -0.479 e. The first kappa shape index (κ1) is 15.0. The molecule has 7 heteroatoms. The highest BCUT2D eigenvalue weighted by molar-refractivity contribution is 7.89. The second-order valence-electron chi connectivity index (χ2n) is 4.37. The monoisotopic (exact) mass is 306 g/mol. The third kappa shape index (κ3) is 3.59. The van der Waals surface area contributed by atoms with Gasteiger partial charge in [-0.1, -0.05) is 42.5 Å². The van der Waals surface area contributed by atoms with Crippen molar-refractivity contribution in [1.29, 1.82) is 0 Å². The van der Waals surface area contributed by atoms with Gasteiger partial charge in [-0.3, -0.25) is 0 Å². The molecule has 0 fully saturated rings. The summed E-state index contributed by atoms with van der Waals surface area (Å²) in [4.78, 5) is 11.3. The van der Waals surface area contributed by atoms with Crippen LogP contribution >= 0.6 is 0 Å². The Morgan fingerprint density at radius 1 is 1.05 bits per heavy atom. The molecule has 21 heavy (non-hydrogen) atoms. The molecule has 110 valence electrons. The zero-order valence-electron chi connectivity index (χ0n) is 10.9. The summed E-state index contributed by atoms with van der Waals surface area (Å²) in [5.74, 6) is -1.12. The second kappa shape index (κ2) is 5.94. The third-order valence-corrected chi connectivity index (χ3v) is 3.84. The highest BCUT2D eigenvalue weighted by atomic mass is 32.2. The van der Waals surface area contributed by atoms with Crippen molar-refractivity contribution in [1.82, 2.24) is 0 Å². The number of carbonyl (C=O) groups is 1. The topological polar surface area (TPSA) is 109 Å². The van der Waals surface area contributed by atoms with Crippen molar-refractivity contribution in [2.24, 2.45) is 5.14 Å². The Bertz CT molecular complexity index is 745. The van der Waals surface area contributed by atoms with Crippen LogP contribution in [0.25, 0.3) is 0 Å². The summed E-state index contributed by atoms with van der Waals surface area (Å²) < 4.78 is 23.1. The molecule has 0 radical (unpaired) electrons. The van der Waals surface area contributed by atoms with Crippen molar-refractivity contribution < 1.29 is 18.3 Å². The molecule has 0 heterocycles. The molecule has 4 N–H and O–H groups in total. The number of aliphatic carboxylic acids is 1. The average molecular weight is 306 g/mol. The van der Waals surface area contributed by atoms with Crippen molar-refractivity contribution in [3.63, 3.8) is 0 Å². The van der Waals surface area contributed by atoms with E-state index in [1.54, 1.807) is 36.4 Å². The van der Waals surface area contributed by atoms with E-state index < -0.39 is 22.0 Å². The summed E-state index contributed by atoms with van der Waals surface area (Å²) in [6, 6.07) is 13.3. The van der Waals surface area contributed by atoms with Gasteiger partial charge in [0.15, 0.2) is 6.04 Å². The van der Waals surface area contributed by atoms with Crippen molar-refractivity contribution in [2.75, 3.05) is 5.32 Å². The summed E-state index contributed by atoms with van der Waals surface area (Å²) in [6.07, 6.45) is 0. The molecule has 1 unspecified atom stereocenters. The Kier molecular flexibility index (Phi) is 4.25. The van der Waals surface area contributed by atoms with Crippen molar-refractivity contribution in [2.45, 2.75) is 10.9 Å². The quantitative estimate of drug-likeness (QED) is 0.776. The highest BCUT2D eigenvalue weighted by Gasteiger charge is 2.22. The summed E-state index contributed by atoms with van der Waals surface area (Å²) in [7, 11) is -3.94. The Labute approximate surface area is 122 Å². The lowest BCUT2D eigenvalue weighted by molar-refractivity contribution is -0.138. The Morgan fingerprint density at radius 3 is 2.19 bits per heavy atom. The molecule has 2 rings (SSSR count). The molecular weight excluding hydrogens is 292 g/mol. The lowest BCUT2D eigenvalue weighted by Crippen LogP contribution is -2.22. The van der Waals surface area contributed by atoms with Crippen LogP contribution in [0.1, 0.15) is 11.6 Å². The van der Waals surface area contributed by atoms with Crippen LogP contribution in [0.2, 0.25) is 0 Å². The number of anilines is 1. The number of nitrogens with one attached hydrogen (secondary N) is 1. The number of nitrogens with two attached hydrogens (primary N) is 1. The Balaban J connectivity index is 2.42. The number of hydrogen-bond donors (Lipinski definition) is 3. The van der Waals surface area contributed by atoms with E-state index >= 15 is 0 Å². The average Bonchev–Trinajstić information content (AvgIpc) is 2.44. The molecule has 1 atom stereocenters. The van der Waals surface area contributed by atoms with Crippen LogP contribution in [-0.2, 0) is 14.8 Å². The molecule has 6 nitrogen and oxygen atoms in total. The van der Waals surface area contributed by atoms with Gasteiger partial charge in [-0.2, -0.15) is 0 Å². The van der Waals surface area contributed by atoms with Crippen LogP contribution in [-0.4, -0.2) is 19.5 Å². The number of para-hydroxylation sites is 1. The SMILES string of the molecule is NS(=O)(=O)c1ccccc1NC(C(=O)O)c1ccccc1. The summed E-state index contributed by atoms with van der Waals surface area (Å²) in [5.41, 5.74) is 0.658. The Hall–Kier alpha value is -2.38. The van der Waals surface area contributed by atoms with E-state index in [1.807, 2.05) is 0 Å². The molecule has 2 aromatic carbocycles. The van der Waals surface area contributed by atoms with E-state index in [0.29, 0.717) is 5.56 Å². The standard InChI is InChI=1S/C14H14N2O4S/c15-21(19,20)12-9-5-4-8-11(12)16-13(14(17)18)10-6-2-1-3-7-10/h1-9,13,16H,(H,17,18)(H2,15,19,20). The van der Waals surface area contributed by atoms with Crippen LogP contribution in [0.5, 0.6) is 0 Å². The zero-order valence-corrected chi connectivity index (χ0v) is 11.7. The molecule has 0 spiro atoms. The minimum absolute atomic E-state index is 0.146. The van der Waals surface area contributed by atoms with E-state index in [1.165, 1.54) is 18.2 Å². The van der Waals surface area contributed by atoms with Gasteiger partial charge >= 0.3 is 5.97 Å². The molecule has 0 aliphatic rings. The minimum atomic E-state index is -3.94. The van der Waals surface area contributed by atoms with Gasteiger partial charge in [-0.05, 0) is 17.7 Å². The second-order valence-corrected chi connectivity index (χ2v) is 5.90. The molecular formula is C14H14N2O4S. The van der Waals surface area contributed by atoms with Crippen LogP contribution in [0.3, 0.4) is 0 Å². The van der Waals surface area contributed by atoms with Crippen molar-refractivity contribution >= 4 is 21.7 Å². The Morgan fingerprint density at radius 2 is 1.62 bits per heavy atom. The molecule has 0 saturated heterocycles. The largest absolute Gasteiger partial charge is 0.479 e. The highest BCUT2D eigenvalue weighted by Crippen LogP contribution is 2.25. The zero-order chi connectivity index (χ0) is 15.5. The van der Waals surface area contributed by atoms with E-state index in [0.717, 1.165) is 0 Å². The summed E-state index contributed by atoms with van der Waals surface area (Å²) in [6.45, 7) is 0. The molecule has 0 amide bonds. The molecule has 0 saturated carbocycles. The first-order chi connectivity index (χ1) is 9.89. The molecule has 2 aromatic rings. The van der Waals surface area contributed by atoms with Crippen LogP contribution in [0.15, 0.2) is 59.5 Å². The number of hydrogen-bond acceptors (Lipinski definition) is 4. The third-order valence-electron chi connectivity index (χ3n) is 2.87. The van der Waals surface area contributed by atoms with Gasteiger partial charge in [0.05, 0.1) is 5.69 Å². The molecule has 0 aliphatic heterocycles. The van der Waals surface area contributed by atoms with E-state index in [4.69, 9.17) is 5.14 Å². The van der Waals surface area contributed by atoms with Crippen LogP contribution < -0.4 is 10.5 Å². The predicted octanol–water partition coefficient (Wildman–Crippen LogP) is 1.57. The van der Waals surface area contributed by atoms with Gasteiger partial charge in [0.25, 0.3) is 0 Å². The fourth-order valence-corrected chi connectivity index (χ4v) is 2.62. The fraction of sp³-hybridized carbons (Fsp3) is 0.0714. The smallest absolute Gasteiger partial charge is 0.330 e. The maximum atomic E-state index is 11.5. The van der Waals surface area contributed by atoms with Crippen LogP contribution in [0.4, 0.5) is 5.69 Å². The number of benzene rings is 2. The maximum Gasteiger partial charge on any atom is 0.330 e. The lowest BCUT2D eigenvalue weighted by Gasteiger charge is -2.18. The molecule has 0 bridgehead atoms. The van der Waals surface area contributed by atoms with Gasteiger partial charge < -0.3 is 10.4 Å². The maximum absolute atomic E-state index is 11.5. The van der Waals surface area contributed by atoms with Gasteiger partial charge in [-0.25, -0.2) is 18.4 Å². The lowest BCUT2D eigenvalue weighted by atomic mass is 10.1. The van der Waals surface area contributed by atoms with E-state index in [2.05, 4.69) is 5.32 Å². The predicted molar refractivity (Wildman–Crippen MR) is 78.3 cm³/mol. The first-order valence-corrected chi connectivity index (χ1v) is 7.60. The molecule has 0 aliphatic carbocycles. The fourth-order valence-electron chi connectivity index (χ4n) is 1.92. The summed E-state index contributed by atoms with van der Waals surface area (Å²) in [5, 5.41) is 17.2. The summed E-state index contributed by atoms with van der Waals surface area (Å²) >= 11 is 0. The van der Waals surface area contributed by atoms with E-state index in [9.17, 15) is 18.3 Å². The van der Waals surface area contributed by atoms with Gasteiger partial charge in [-0.15, -0.1) is 0 Å². The van der Waals surface area contributed by atoms with Gasteiger partial charge in [0.1, 0.15) is 4.90 Å². The van der Waals surface area contributed by atoms with Gasteiger partial charge in [0.2, 0.25) is 10.0 Å². The number of primary sulfonamides is 1. The first-order valence-electron chi connectivity index (χ1n) is 6.05. The van der Waals surface area contributed by atoms with Crippen molar-refractivity contribution in [3.05, 3.63) is 60.2 Å².